The van der Waals surface area contributed by atoms with Crippen LogP contribution in [-0.2, 0) is 109 Å². The monoisotopic (exact) mass is 1460 g/mol. The van der Waals surface area contributed by atoms with Crippen molar-refractivity contribution in [2.45, 2.75) is 137 Å². The molecule has 20 atom stereocenters. The zero-order valence-corrected chi connectivity index (χ0v) is 55.8. The van der Waals surface area contributed by atoms with E-state index >= 15 is 17.6 Å². The quantitative estimate of drug-likeness (QED) is 0.0823. The third kappa shape index (κ3) is 12.2. The van der Waals surface area contributed by atoms with E-state index in [0.717, 1.165) is 34.9 Å². The molecule has 45 heteroatoms. The van der Waals surface area contributed by atoms with Crippen LogP contribution in [0.25, 0.3) is 44.1 Å². The number of ether oxygens (including phenoxy) is 4. The van der Waals surface area contributed by atoms with Crippen LogP contribution in [0.15, 0.2) is 55.8 Å². The highest BCUT2D eigenvalue weighted by Gasteiger charge is 2.57. The smallest absolute Gasteiger partial charge is 0.264 e. The molecular formula is C55H57B4F4N15O18P4. The molecule has 8 aromatic rings. The lowest BCUT2D eigenvalue weighted by atomic mass is 10.1. The predicted octanol–water partition coefficient (Wildman–Crippen LogP) is 6.56. The summed E-state index contributed by atoms with van der Waals surface area (Å²) in [5, 5.41) is 13.8. The normalized spacial score (nSPS) is 37.5. The van der Waals surface area contributed by atoms with Gasteiger partial charge in [-0.1, -0.05) is 0 Å². The number of alkyl halides is 4. The number of pyridine rings is 2. The highest BCUT2D eigenvalue weighted by Crippen LogP contribution is 2.57. The summed E-state index contributed by atoms with van der Waals surface area (Å²) in [7, 11) is 5.57. The Hall–Kier alpha value is -5.91. The summed E-state index contributed by atoms with van der Waals surface area (Å²) < 4.78 is 193. The minimum absolute atomic E-state index is 0.287. The van der Waals surface area contributed by atoms with Crippen molar-refractivity contribution in [1.82, 2.24) is 53.4 Å². The van der Waals surface area contributed by atoms with E-state index < -0.39 is 155 Å². The lowest BCUT2D eigenvalue weighted by Gasteiger charge is -2.29. The third-order valence-corrected chi connectivity index (χ3v) is 23.0. The second kappa shape index (κ2) is 26.0. The highest BCUT2D eigenvalue weighted by atomic mass is 31.2. The van der Waals surface area contributed by atoms with Gasteiger partial charge in [0, 0.05) is 67.7 Å². The van der Waals surface area contributed by atoms with Crippen molar-refractivity contribution >= 4 is 127 Å². The number of anilines is 4. The Morgan fingerprint density at radius 1 is 0.450 bits per heavy atom. The van der Waals surface area contributed by atoms with Crippen molar-refractivity contribution in [3.63, 3.8) is 0 Å². The van der Waals surface area contributed by atoms with Gasteiger partial charge in [0.25, 0.3) is 29.9 Å². The van der Waals surface area contributed by atoms with Crippen LogP contribution in [0.1, 0.15) is 60.1 Å². The van der Waals surface area contributed by atoms with E-state index in [1.165, 1.54) is 43.4 Å². The molecule has 8 radical (unpaired) electrons. The van der Waals surface area contributed by atoms with Crippen molar-refractivity contribution in [2.24, 2.45) is 0 Å². The lowest BCUT2D eigenvalue weighted by molar-refractivity contribution is -0.0568. The van der Waals surface area contributed by atoms with Crippen molar-refractivity contribution < 1.29 is 101 Å². The Morgan fingerprint density at radius 3 is 1.28 bits per heavy atom. The average molecular weight is 1460 g/mol. The van der Waals surface area contributed by atoms with Gasteiger partial charge in [0.05, 0.1) is 67.5 Å². The van der Waals surface area contributed by atoms with Crippen LogP contribution in [0.5, 0.6) is 0 Å². The van der Waals surface area contributed by atoms with Crippen LogP contribution >= 0.6 is 29.9 Å². The molecule has 6 fully saturated rings. The van der Waals surface area contributed by atoms with Crippen molar-refractivity contribution in [2.75, 3.05) is 74.3 Å². The Kier molecular flexibility index (Phi) is 17.5. The number of aromatic nitrogens is 11. The highest BCUT2D eigenvalue weighted by molar-refractivity contribution is 7.80. The average Bonchev–Trinajstić information content (AvgIpc) is 1.61. The molecule has 0 spiro atoms. The summed E-state index contributed by atoms with van der Waals surface area (Å²) in [5.74, 6) is 1.15. The van der Waals surface area contributed by atoms with Crippen LogP contribution in [-0.4, -0.2) is 210 Å². The molecule has 0 bridgehead atoms. The molecule has 10 aliphatic rings. The fourth-order valence-electron chi connectivity index (χ4n) is 14.4. The van der Waals surface area contributed by atoms with Gasteiger partial charge in [0.15, 0.2) is 55.2 Å². The molecule has 4 N–H and O–H groups in total. The van der Waals surface area contributed by atoms with Crippen LogP contribution in [0.4, 0.5) is 40.6 Å². The number of hydrogen-bond acceptors (Lipinski definition) is 29. The second-order valence-electron chi connectivity index (χ2n) is 25.2. The van der Waals surface area contributed by atoms with Gasteiger partial charge < -0.3 is 79.5 Å². The zero-order valence-electron chi connectivity index (χ0n) is 52.2. The molecule has 0 saturated carbocycles. The Labute approximate surface area is 568 Å². The molecule has 18 heterocycles. The maximum atomic E-state index is 16.4. The summed E-state index contributed by atoms with van der Waals surface area (Å²) in [4.78, 5) is 36.9. The molecule has 0 aromatic carbocycles. The minimum atomic E-state index is -4.59. The molecular weight excluding hydrogens is 1400 g/mol. The van der Waals surface area contributed by atoms with E-state index in [0.29, 0.717) is 114 Å². The van der Waals surface area contributed by atoms with Crippen LogP contribution in [0, 0.1) is 0 Å². The van der Waals surface area contributed by atoms with Crippen LogP contribution in [0.2, 0.25) is 0 Å². The molecule has 6 saturated heterocycles. The molecule has 18 rings (SSSR count). The van der Waals surface area contributed by atoms with E-state index in [2.05, 4.69) is 56.6 Å². The first-order valence-electron chi connectivity index (χ1n) is 31.9. The first kappa shape index (κ1) is 67.3. The van der Waals surface area contributed by atoms with E-state index in [1.807, 2.05) is 0 Å². The molecule has 0 amide bonds. The maximum absolute atomic E-state index is 16.4. The largest absolute Gasteiger partial charge is 0.369 e. The second-order valence-corrected chi connectivity index (χ2v) is 31.3. The number of nitrogens with zero attached hydrogens (tertiary/aromatic N) is 11. The Morgan fingerprint density at radius 2 is 0.830 bits per heavy atom. The van der Waals surface area contributed by atoms with E-state index in [4.69, 9.17) is 95.1 Å². The Balaban J connectivity index is 0.000000150. The number of rotatable bonds is 4. The van der Waals surface area contributed by atoms with Gasteiger partial charge in [-0.15, -0.1) is 0 Å². The van der Waals surface area contributed by atoms with Crippen molar-refractivity contribution in [3.8, 4) is 0 Å². The van der Waals surface area contributed by atoms with Gasteiger partial charge in [-0.05, 0) is 54.5 Å². The van der Waals surface area contributed by atoms with Crippen molar-refractivity contribution in [3.05, 3.63) is 78.2 Å². The number of aryl methyl sites for hydroxylation is 2. The topological polar surface area (TPSA) is 356 Å². The molecule has 33 nitrogen and oxygen atoms in total. The number of hydrogen-bond donors (Lipinski definition) is 4. The van der Waals surface area contributed by atoms with Gasteiger partial charge in [-0.25, -0.2) is 52.1 Å². The summed E-state index contributed by atoms with van der Waals surface area (Å²) in [6.07, 6.45) is -11.1. The number of fused-ring (bicyclic) bond motifs is 4. The van der Waals surface area contributed by atoms with Crippen LogP contribution < -0.4 is 21.6 Å². The standard InChI is InChI=1S/C28H29B2F2N7O9P2.C27H28B2F2N8O9P2/c29-49(40)44-11-17-23(21(32)28(46-17)39-8-13-2-1-5-33-24-19(13)26(39)36-12-35-24)48-50(30,41)43-10-16-22(47-49)20(31)27(45-16)38-9-14-4-7-42-37-15-3-6-34-25(38)18(14)15;28-49(40)44-10-16-22(20(31)27(46-16)39-25-18-13(36-39)2-1-5-32-23(18)34-11-35-25)48-50(29,41)43-9-15-21(47-49)19(30)26(45-15)38-8-12-4-7-42-37-14-3-6-33-24(38)17(12)14/h3,6,8-9,12,16-17,20-23,27-28,37H,1-2,4-5,7,10-11H2,(H,33,35,36);3,6,8,11,15-16,19-22,26-27,37H,1-2,4-5,7,9-10H2,(H,32,34,35)/t16-,17-,20+,21?,22?,23+,27-,28-,49?,50?;15-,16-,19+,20?,21?,22+,26-,27-,49?,50?/m11/s1. The molecule has 8 unspecified atom stereocenters. The lowest BCUT2D eigenvalue weighted by Crippen LogP contribution is -2.37. The van der Waals surface area contributed by atoms with Gasteiger partial charge in [-0.2, -0.15) is 5.10 Å². The Bertz CT molecular complexity index is 4160. The van der Waals surface area contributed by atoms with Gasteiger partial charge in [0.2, 0.25) is 30.3 Å². The van der Waals surface area contributed by atoms with E-state index in [9.17, 15) is 18.3 Å². The molecule has 0 aliphatic carbocycles. The molecule has 520 valence electrons. The van der Waals surface area contributed by atoms with Gasteiger partial charge in [0.1, 0.15) is 90.1 Å². The number of nitrogens with one attached hydrogen (secondary N) is 4. The summed E-state index contributed by atoms with van der Waals surface area (Å²) in [6.45, 7) is -0.602. The first-order valence-corrected chi connectivity index (χ1v) is 38.4. The summed E-state index contributed by atoms with van der Waals surface area (Å²) in [6, 6.07) is 3.44. The first-order chi connectivity index (χ1) is 48.1. The third-order valence-electron chi connectivity index (χ3n) is 18.8. The number of halogens is 4. The predicted molar refractivity (Wildman–Crippen MR) is 344 cm³/mol. The molecule has 10 aliphatic heterocycles. The fourth-order valence-corrected chi connectivity index (χ4v) is 18.4. The van der Waals surface area contributed by atoms with E-state index in [-0.39, 0.29) is 5.65 Å². The van der Waals surface area contributed by atoms with E-state index in [1.54, 1.807) is 30.7 Å². The van der Waals surface area contributed by atoms with Crippen molar-refractivity contribution in [1.29, 1.82) is 0 Å². The minimum Gasteiger partial charge on any atom is -0.369 e. The molecule has 8 aromatic heterocycles. The van der Waals surface area contributed by atoms with Gasteiger partial charge in [-0.3, -0.25) is 38.9 Å². The summed E-state index contributed by atoms with van der Waals surface area (Å²) >= 11 is 0. The SMILES string of the molecule is [B]P1(=O)OC[C@H]2O[C@@H](n3cc4c5c(ncnc53)NCCC4)C(F)[C@H]2OP([B])(=O)OC[C@H]2O[C@@H](n3cc4c5c(ccnc53)NOCC4)[C@@H](F)C2O1.[B]P1(=O)OC[C@H]2O[C@@H](n3nc4c5c(ncnc53)NCCC4)C(F)[C@H]2OP([B])(=O)OC[C@H]2O[C@@H](n3cc4c5c(ccnc53)NOCC4)[C@@H](F)C2O1. The zero-order chi connectivity index (χ0) is 68.7. The summed E-state index contributed by atoms with van der Waals surface area (Å²) in [5.41, 5.74) is 11.6. The maximum Gasteiger partial charge on any atom is 0.264 e. The van der Waals surface area contributed by atoms with Crippen LogP contribution in [0.3, 0.4) is 0 Å². The van der Waals surface area contributed by atoms with Gasteiger partial charge >= 0.3 is 0 Å². The fraction of sp³-hybridized carbons (Fsp3) is 0.545. The molecule has 100 heavy (non-hydrogen) atoms.